The molecular weight excluding hydrogens is 446 g/mol. The molecule has 0 radical (unpaired) electrons. The highest BCUT2D eigenvalue weighted by atomic mass is 19.4. The first-order chi connectivity index (χ1) is 16.3. The third-order valence-electron chi connectivity index (χ3n) is 6.94. The zero-order valence-corrected chi connectivity index (χ0v) is 19.1. The summed E-state index contributed by atoms with van der Waals surface area (Å²) in [5.74, 6) is 0. The van der Waals surface area contributed by atoms with E-state index in [1.807, 2.05) is 43.5 Å². The van der Waals surface area contributed by atoms with E-state index in [0.717, 1.165) is 47.4 Å². The molecule has 5 rings (SSSR count). The summed E-state index contributed by atoms with van der Waals surface area (Å²) < 4.78 is 53.0. The van der Waals surface area contributed by atoms with Gasteiger partial charge in [-0.2, -0.15) is 13.2 Å². The minimum absolute atomic E-state index is 0.270. The first-order valence-electron chi connectivity index (χ1n) is 11.7. The molecule has 5 nitrogen and oxygen atoms in total. The number of hydrogen-bond acceptors (Lipinski definition) is 4. The second-order valence-corrected chi connectivity index (χ2v) is 9.43. The number of hydrogen-bond donors (Lipinski definition) is 2. The van der Waals surface area contributed by atoms with Crippen LogP contribution in [0.3, 0.4) is 0 Å². The van der Waals surface area contributed by atoms with Crippen molar-refractivity contribution in [1.29, 1.82) is 0 Å². The fourth-order valence-corrected chi connectivity index (χ4v) is 5.34. The van der Waals surface area contributed by atoms with Crippen molar-refractivity contribution in [2.75, 3.05) is 38.2 Å². The second kappa shape index (κ2) is 9.19. The number of H-pyrrole nitrogens is 1. The van der Waals surface area contributed by atoms with E-state index in [4.69, 9.17) is 0 Å². The Morgan fingerprint density at radius 1 is 1.15 bits per heavy atom. The van der Waals surface area contributed by atoms with Crippen LogP contribution in [0.25, 0.3) is 10.9 Å². The van der Waals surface area contributed by atoms with Crippen molar-refractivity contribution in [2.45, 2.75) is 44.1 Å². The van der Waals surface area contributed by atoms with Crippen LogP contribution in [0.5, 0.6) is 0 Å². The number of alkyl halides is 4. The van der Waals surface area contributed by atoms with Crippen LogP contribution in [0, 0.1) is 0 Å². The number of pyridine rings is 1. The first-order valence-corrected chi connectivity index (χ1v) is 11.7. The lowest BCUT2D eigenvalue weighted by Crippen LogP contribution is -2.54. The van der Waals surface area contributed by atoms with Crippen molar-refractivity contribution < 1.29 is 17.6 Å². The third kappa shape index (κ3) is 4.63. The second-order valence-electron chi connectivity index (χ2n) is 9.43. The van der Waals surface area contributed by atoms with Crippen molar-refractivity contribution in [2.24, 2.45) is 0 Å². The smallest absolute Gasteiger partial charge is 0.378 e. The van der Waals surface area contributed by atoms with Crippen LogP contribution in [0.1, 0.15) is 36.2 Å². The summed E-state index contributed by atoms with van der Waals surface area (Å²) >= 11 is 0. The molecule has 0 unspecified atom stereocenters. The van der Waals surface area contributed by atoms with E-state index in [-0.39, 0.29) is 18.8 Å². The van der Waals surface area contributed by atoms with Gasteiger partial charge in [-0.1, -0.05) is 6.07 Å². The third-order valence-corrected chi connectivity index (χ3v) is 6.94. The van der Waals surface area contributed by atoms with Crippen molar-refractivity contribution in [3.63, 3.8) is 0 Å². The van der Waals surface area contributed by atoms with E-state index < -0.39 is 18.8 Å². The van der Waals surface area contributed by atoms with Crippen LogP contribution in [0.4, 0.5) is 23.2 Å². The Hall–Kier alpha value is -2.65. The lowest BCUT2D eigenvalue weighted by Gasteiger charge is -2.42. The maximum atomic E-state index is 13.5. The fraction of sp³-hybridized carbons (Fsp3) is 0.480. The predicted octanol–water partition coefficient (Wildman–Crippen LogP) is 4.92. The van der Waals surface area contributed by atoms with Crippen LogP contribution < -0.4 is 5.32 Å². The molecule has 0 bridgehead atoms. The van der Waals surface area contributed by atoms with E-state index in [9.17, 15) is 17.6 Å². The SMILES string of the molecule is C[C@@H]1Cc2c(ccc3[nH]ccc23)[C@@H](c2ccc(NC3CN(CCCF)C3)cn2)N1CC(F)(F)F. The molecule has 34 heavy (non-hydrogen) atoms. The minimum atomic E-state index is -4.30. The van der Waals surface area contributed by atoms with E-state index in [2.05, 4.69) is 20.2 Å². The summed E-state index contributed by atoms with van der Waals surface area (Å²) in [4.78, 5) is 11.5. The van der Waals surface area contributed by atoms with Gasteiger partial charge in [0.1, 0.15) is 0 Å². The Morgan fingerprint density at radius 3 is 2.68 bits per heavy atom. The molecule has 0 saturated carbocycles. The standard InChI is InChI=1S/C25H29F4N5/c1-16-11-21-19-7-9-30-22(19)6-4-20(21)24(34(16)15-25(27,28)29)23-5-3-17(12-31-23)32-18-13-33(14-18)10-2-8-26/h3-7,9,12,16,18,24,30,32H,2,8,10-11,13-15H2,1H3/t16-,24+/m1/s1. The Labute approximate surface area is 196 Å². The molecule has 2 N–H and O–H groups in total. The topological polar surface area (TPSA) is 47.2 Å². The lowest BCUT2D eigenvalue weighted by atomic mass is 9.85. The zero-order valence-electron chi connectivity index (χ0n) is 19.1. The average Bonchev–Trinajstić information content (AvgIpc) is 3.25. The molecule has 1 fully saturated rings. The van der Waals surface area contributed by atoms with Crippen LogP contribution in [0.2, 0.25) is 0 Å². The fourth-order valence-electron chi connectivity index (χ4n) is 5.34. The number of anilines is 1. The van der Waals surface area contributed by atoms with Gasteiger partial charge in [0.05, 0.1) is 42.9 Å². The number of halogens is 4. The summed E-state index contributed by atoms with van der Waals surface area (Å²) in [5, 5.41) is 4.47. The minimum Gasteiger partial charge on any atom is -0.378 e. The van der Waals surface area contributed by atoms with Crippen LogP contribution >= 0.6 is 0 Å². The number of nitrogens with one attached hydrogen (secondary N) is 2. The van der Waals surface area contributed by atoms with Crippen LogP contribution in [-0.4, -0.2) is 70.9 Å². The first kappa shape index (κ1) is 23.1. The van der Waals surface area contributed by atoms with Crippen molar-refractivity contribution in [1.82, 2.24) is 19.8 Å². The molecule has 2 atom stereocenters. The van der Waals surface area contributed by atoms with E-state index in [0.29, 0.717) is 18.5 Å². The number of rotatable bonds is 7. The van der Waals surface area contributed by atoms with Crippen LogP contribution in [-0.2, 0) is 6.42 Å². The van der Waals surface area contributed by atoms with Crippen LogP contribution in [0.15, 0.2) is 42.7 Å². The largest absolute Gasteiger partial charge is 0.401 e. The summed E-state index contributed by atoms with van der Waals surface area (Å²) in [6.07, 6.45) is 0.372. The number of nitrogens with zero attached hydrogens (tertiary/aromatic N) is 3. The summed E-state index contributed by atoms with van der Waals surface area (Å²) in [6, 6.07) is 9.00. The van der Waals surface area contributed by atoms with Crippen molar-refractivity contribution in [3.05, 3.63) is 59.5 Å². The van der Waals surface area contributed by atoms with Gasteiger partial charge in [0, 0.05) is 42.8 Å². The van der Waals surface area contributed by atoms with Gasteiger partial charge in [-0.25, -0.2) is 0 Å². The quantitative estimate of drug-likeness (QED) is 0.477. The highest BCUT2D eigenvalue weighted by Crippen LogP contribution is 2.41. The Balaban J connectivity index is 1.40. The number of aromatic nitrogens is 2. The van der Waals surface area contributed by atoms with E-state index in [1.165, 1.54) is 4.90 Å². The maximum Gasteiger partial charge on any atom is 0.401 e. The number of likely N-dealkylation sites (tertiary alicyclic amines) is 1. The predicted molar refractivity (Wildman–Crippen MR) is 125 cm³/mol. The Morgan fingerprint density at radius 2 is 1.97 bits per heavy atom. The lowest BCUT2D eigenvalue weighted by molar-refractivity contribution is -0.155. The molecule has 182 valence electrons. The summed E-state index contributed by atoms with van der Waals surface area (Å²) in [5.41, 5.74) is 4.40. The summed E-state index contributed by atoms with van der Waals surface area (Å²) in [7, 11) is 0. The van der Waals surface area contributed by atoms with Gasteiger partial charge in [-0.05, 0) is 55.2 Å². The molecule has 1 aromatic carbocycles. The maximum absolute atomic E-state index is 13.5. The average molecular weight is 476 g/mol. The normalized spacial score (nSPS) is 22.0. The zero-order chi connectivity index (χ0) is 23.9. The Kier molecular flexibility index (Phi) is 6.24. The van der Waals surface area contributed by atoms with Gasteiger partial charge in [-0.15, -0.1) is 0 Å². The number of fused-ring (bicyclic) bond motifs is 3. The van der Waals surface area contributed by atoms with Gasteiger partial charge >= 0.3 is 6.18 Å². The van der Waals surface area contributed by atoms with E-state index in [1.54, 1.807) is 6.20 Å². The highest BCUT2D eigenvalue weighted by Gasteiger charge is 2.41. The van der Waals surface area contributed by atoms with Gasteiger partial charge in [-0.3, -0.25) is 19.2 Å². The van der Waals surface area contributed by atoms with Gasteiger partial charge in [0.25, 0.3) is 0 Å². The van der Waals surface area contributed by atoms with Crippen molar-refractivity contribution >= 4 is 16.6 Å². The number of aromatic amines is 1. The molecule has 9 heteroatoms. The number of benzene rings is 1. The Bertz CT molecular complexity index is 1120. The van der Waals surface area contributed by atoms with Gasteiger partial charge in [0.2, 0.25) is 0 Å². The molecular formula is C25H29F4N5. The molecule has 2 aromatic heterocycles. The summed E-state index contributed by atoms with van der Waals surface area (Å²) in [6.45, 7) is 3.03. The molecule has 2 aliphatic rings. The molecule has 2 aliphatic heterocycles. The molecule has 3 aromatic rings. The molecule has 0 spiro atoms. The molecule has 4 heterocycles. The van der Waals surface area contributed by atoms with Gasteiger partial charge in [0.15, 0.2) is 0 Å². The molecule has 0 amide bonds. The monoisotopic (exact) mass is 475 g/mol. The molecule has 0 aliphatic carbocycles. The van der Waals surface area contributed by atoms with E-state index >= 15 is 0 Å². The van der Waals surface area contributed by atoms with Gasteiger partial charge < -0.3 is 10.3 Å². The highest BCUT2D eigenvalue weighted by molar-refractivity contribution is 5.85. The van der Waals surface area contributed by atoms with Crippen molar-refractivity contribution in [3.8, 4) is 0 Å². The molecule has 1 saturated heterocycles.